The topological polar surface area (TPSA) is 73.9 Å². The van der Waals surface area contributed by atoms with Crippen LogP contribution in [-0.4, -0.2) is 22.1 Å². The fourth-order valence-electron chi connectivity index (χ4n) is 1.52. The maximum Gasteiger partial charge on any atom is 0.321 e. The first kappa shape index (κ1) is 11.3. The van der Waals surface area contributed by atoms with Crippen LogP contribution >= 0.6 is 0 Å². The monoisotopic (exact) mass is 230 g/mol. The van der Waals surface area contributed by atoms with E-state index in [0.717, 1.165) is 12.0 Å². The van der Waals surface area contributed by atoms with Gasteiger partial charge < -0.3 is 10.5 Å². The van der Waals surface area contributed by atoms with Crippen LogP contribution in [0.15, 0.2) is 24.3 Å². The Balaban J connectivity index is 2.47. The molecule has 0 amide bonds. The maximum absolute atomic E-state index is 5.60. The van der Waals surface area contributed by atoms with Crippen LogP contribution in [0.3, 0.4) is 0 Å². The second-order valence-corrected chi connectivity index (χ2v) is 3.56. The standard InChI is InChI=1S/C12H14N4O/c1-3-8-5-4-6-9(7-8)10-14-11(13)16-12(15-10)17-2/h4-7H,3H2,1-2H3,(H2,13,14,15,16). The van der Waals surface area contributed by atoms with E-state index in [1.54, 1.807) is 0 Å². The maximum atomic E-state index is 5.60. The first-order chi connectivity index (χ1) is 8.22. The molecule has 2 rings (SSSR count). The second-order valence-electron chi connectivity index (χ2n) is 3.56. The number of benzene rings is 1. The Morgan fingerprint density at radius 1 is 1.24 bits per heavy atom. The average Bonchev–Trinajstić information content (AvgIpc) is 2.38. The molecule has 5 heteroatoms. The summed E-state index contributed by atoms with van der Waals surface area (Å²) in [5.74, 6) is 0.693. The van der Waals surface area contributed by atoms with Crippen LogP contribution in [0.2, 0.25) is 0 Å². The number of aryl methyl sites for hydroxylation is 1. The molecule has 0 fully saturated rings. The summed E-state index contributed by atoms with van der Waals surface area (Å²) >= 11 is 0. The molecule has 2 aromatic rings. The molecule has 1 aromatic heterocycles. The van der Waals surface area contributed by atoms with Gasteiger partial charge in [0, 0.05) is 5.56 Å². The minimum absolute atomic E-state index is 0.161. The normalized spacial score (nSPS) is 10.2. The molecular weight excluding hydrogens is 216 g/mol. The summed E-state index contributed by atoms with van der Waals surface area (Å²) in [6.07, 6.45) is 0.964. The van der Waals surface area contributed by atoms with E-state index in [0.29, 0.717) is 5.82 Å². The van der Waals surface area contributed by atoms with Gasteiger partial charge in [-0.15, -0.1) is 0 Å². The summed E-state index contributed by atoms with van der Waals surface area (Å²) in [5.41, 5.74) is 7.74. The molecule has 5 nitrogen and oxygen atoms in total. The summed E-state index contributed by atoms with van der Waals surface area (Å²) < 4.78 is 4.97. The van der Waals surface area contributed by atoms with Crippen LogP contribution in [0.4, 0.5) is 5.95 Å². The summed E-state index contributed by atoms with van der Waals surface area (Å²) in [7, 11) is 1.50. The van der Waals surface area contributed by atoms with E-state index in [2.05, 4.69) is 27.9 Å². The number of nitrogen functional groups attached to an aromatic ring is 1. The highest BCUT2D eigenvalue weighted by Gasteiger charge is 2.07. The molecule has 0 bridgehead atoms. The van der Waals surface area contributed by atoms with Crippen molar-refractivity contribution in [3.63, 3.8) is 0 Å². The van der Waals surface area contributed by atoms with Crippen LogP contribution in [0.5, 0.6) is 6.01 Å². The highest BCUT2D eigenvalue weighted by molar-refractivity contribution is 5.57. The van der Waals surface area contributed by atoms with Gasteiger partial charge >= 0.3 is 6.01 Å². The number of nitrogens with two attached hydrogens (primary N) is 1. The number of nitrogens with zero attached hydrogens (tertiary/aromatic N) is 3. The van der Waals surface area contributed by atoms with E-state index in [1.807, 2.05) is 18.2 Å². The summed E-state index contributed by atoms with van der Waals surface area (Å²) in [4.78, 5) is 12.1. The molecule has 0 aliphatic carbocycles. The van der Waals surface area contributed by atoms with Crippen molar-refractivity contribution in [2.24, 2.45) is 0 Å². The predicted molar refractivity (Wildman–Crippen MR) is 65.6 cm³/mol. The minimum atomic E-state index is 0.161. The Morgan fingerprint density at radius 3 is 2.76 bits per heavy atom. The van der Waals surface area contributed by atoms with Crippen molar-refractivity contribution in [1.29, 1.82) is 0 Å². The van der Waals surface area contributed by atoms with Gasteiger partial charge in [0.05, 0.1) is 7.11 Å². The molecule has 1 heterocycles. The van der Waals surface area contributed by atoms with E-state index in [4.69, 9.17) is 10.5 Å². The fourth-order valence-corrected chi connectivity index (χ4v) is 1.52. The zero-order valence-corrected chi connectivity index (χ0v) is 9.84. The van der Waals surface area contributed by atoms with Crippen LogP contribution in [0, 0.1) is 0 Å². The van der Waals surface area contributed by atoms with Gasteiger partial charge in [0.25, 0.3) is 0 Å². The molecule has 0 aliphatic rings. The highest BCUT2D eigenvalue weighted by atomic mass is 16.5. The van der Waals surface area contributed by atoms with Crippen LogP contribution < -0.4 is 10.5 Å². The first-order valence-electron chi connectivity index (χ1n) is 5.37. The lowest BCUT2D eigenvalue weighted by atomic mass is 10.1. The van der Waals surface area contributed by atoms with Crippen LogP contribution in [0.1, 0.15) is 12.5 Å². The molecule has 0 aliphatic heterocycles. The number of rotatable bonds is 3. The average molecular weight is 230 g/mol. The number of aromatic nitrogens is 3. The Hall–Kier alpha value is -2.17. The lowest BCUT2D eigenvalue weighted by molar-refractivity contribution is 0.379. The summed E-state index contributed by atoms with van der Waals surface area (Å²) in [6.45, 7) is 2.10. The number of hydrogen-bond donors (Lipinski definition) is 1. The second kappa shape index (κ2) is 4.78. The van der Waals surface area contributed by atoms with Crippen molar-refractivity contribution in [2.75, 3.05) is 12.8 Å². The fraction of sp³-hybridized carbons (Fsp3) is 0.250. The van der Waals surface area contributed by atoms with Gasteiger partial charge in [-0.1, -0.05) is 25.1 Å². The third-order valence-corrected chi connectivity index (χ3v) is 2.41. The minimum Gasteiger partial charge on any atom is -0.467 e. The third kappa shape index (κ3) is 2.50. The zero-order chi connectivity index (χ0) is 12.3. The van der Waals surface area contributed by atoms with Gasteiger partial charge in [-0.05, 0) is 18.1 Å². The van der Waals surface area contributed by atoms with E-state index in [1.165, 1.54) is 12.7 Å². The first-order valence-corrected chi connectivity index (χ1v) is 5.37. The van der Waals surface area contributed by atoms with Gasteiger partial charge in [0.2, 0.25) is 5.95 Å². The molecular formula is C12H14N4O. The molecule has 0 atom stereocenters. The van der Waals surface area contributed by atoms with Gasteiger partial charge in [0.15, 0.2) is 5.82 Å². The Kier molecular flexibility index (Phi) is 3.18. The smallest absolute Gasteiger partial charge is 0.321 e. The van der Waals surface area contributed by atoms with Crippen molar-refractivity contribution in [3.05, 3.63) is 29.8 Å². The number of hydrogen-bond acceptors (Lipinski definition) is 5. The molecule has 2 N–H and O–H groups in total. The third-order valence-electron chi connectivity index (χ3n) is 2.41. The lowest BCUT2D eigenvalue weighted by Gasteiger charge is -2.05. The Morgan fingerprint density at radius 2 is 2.06 bits per heavy atom. The molecule has 88 valence electrons. The molecule has 1 aromatic carbocycles. The van der Waals surface area contributed by atoms with Gasteiger partial charge in [-0.3, -0.25) is 0 Å². The van der Waals surface area contributed by atoms with E-state index >= 15 is 0 Å². The SMILES string of the molecule is CCc1cccc(-c2nc(N)nc(OC)n2)c1. The highest BCUT2D eigenvalue weighted by Crippen LogP contribution is 2.19. The Labute approximate surface area is 99.7 Å². The lowest BCUT2D eigenvalue weighted by Crippen LogP contribution is -2.02. The zero-order valence-electron chi connectivity index (χ0n) is 9.84. The largest absolute Gasteiger partial charge is 0.467 e. The van der Waals surface area contributed by atoms with Crippen molar-refractivity contribution in [3.8, 4) is 17.4 Å². The molecule has 0 radical (unpaired) electrons. The summed E-state index contributed by atoms with van der Waals surface area (Å²) in [5, 5.41) is 0. The molecule has 0 saturated heterocycles. The summed E-state index contributed by atoms with van der Waals surface area (Å²) in [6, 6.07) is 8.24. The number of ether oxygens (including phenoxy) is 1. The van der Waals surface area contributed by atoms with Crippen molar-refractivity contribution in [1.82, 2.24) is 15.0 Å². The van der Waals surface area contributed by atoms with E-state index in [9.17, 15) is 0 Å². The Bertz CT molecular complexity index is 528. The van der Waals surface area contributed by atoms with Crippen molar-refractivity contribution in [2.45, 2.75) is 13.3 Å². The van der Waals surface area contributed by atoms with Gasteiger partial charge in [-0.25, -0.2) is 0 Å². The quantitative estimate of drug-likeness (QED) is 0.868. The van der Waals surface area contributed by atoms with E-state index < -0.39 is 0 Å². The van der Waals surface area contributed by atoms with E-state index in [-0.39, 0.29) is 12.0 Å². The molecule has 0 spiro atoms. The van der Waals surface area contributed by atoms with Gasteiger partial charge in [0.1, 0.15) is 0 Å². The number of anilines is 1. The van der Waals surface area contributed by atoms with Crippen LogP contribution in [-0.2, 0) is 6.42 Å². The number of methoxy groups -OCH3 is 1. The van der Waals surface area contributed by atoms with Gasteiger partial charge in [-0.2, -0.15) is 15.0 Å². The molecule has 0 saturated carbocycles. The predicted octanol–water partition coefficient (Wildman–Crippen LogP) is 1.69. The van der Waals surface area contributed by atoms with Crippen LogP contribution in [0.25, 0.3) is 11.4 Å². The van der Waals surface area contributed by atoms with Crippen molar-refractivity contribution < 1.29 is 4.74 Å². The molecule has 0 unspecified atom stereocenters. The van der Waals surface area contributed by atoms with Crippen molar-refractivity contribution >= 4 is 5.95 Å². The molecule has 17 heavy (non-hydrogen) atoms.